The van der Waals surface area contributed by atoms with Crippen molar-refractivity contribution in [2.24, 2.45) is 21.6 Å². The first kappa shape index (κ1) is 14.9. The van der Waals surface area contributed by atoms with E-state index in [1.54, 1.807) is 19.2 Å². The third-order valence-corrected chi connectivity index (χ3v) is 5.23. The number of nitrogens with two attached hydrogens (primary N) is 1. The highest BCUT2D eigenvalue weighted by molar-refractivity contribution is 6.00. The number of amidine groups is 1. The van der Waals surface area contributed by atoms with E-state index in [1.807, 2.05) is 19.1 Å². The summed E-state index contributed by atoms with van der Waals surface area (Å²) in [6.45, 7) is 2.13. The van der Waals surface area contributed by atoms with E-state index in [4.69, 9.17) is 19.9 Å². The summed E-state index contributed by atoms with van der Waals surface area (Å²) in [6.07, 6.45) is -0.229. The molecule has 0 bridgehead atoms. The summed E-state index contributed by atoms with van der Waals surface area (Å²) in [5.41, 5.74) is 4.34. The SMILES string of the molecule is COc1cccc([C@H]2[C@@]3(C#N)[C@@]4(N=C(N)[C@@]23C#N)OC[C@H](C)O4)c1. The van der Waals surface area contributed by atoms with Gasteiger partial charge in [-0.05, 0) is 24.6 Å². The Hall–Kier alpha value is -2.61. The minimum absolute atomic E-state index is 0.0912. The summed E-state index contributed by atoms with van der Waals surface area (Å²) in [7, 11) is 1.56. The van der Waals surface area contributed by atoms with Gasteiger partial charge in [-0.15, -0.1) is 0 Å². The predicted octanol–water partition coefficient (Wildman–Crippen LogP) is 1.27. The molecule has 5 atom stereocenters. The molecular formula is C17H16N4O3. The van der Waals surface area contributed by atoms with Crippen LogP contribution in [-0.4, -0.2) is 31.6 Å². The van der Waals surface area contributed by atoms with Crippen molar-refractivity contribution in [3.8, 4) is 17.9 Å². The number of rotatable bonds is 2. The summed E-state index contributed by atoms with van der Waals surface area (Å²) in [5, 5.41) is 19.9. The number of benzene rings is 1. The average Bonchev–Trinajstić information content (AvgIpc) is 2.99. The van der Waals surface area contributed by atoms with E-state index in [9.17, 15) is 10.5 Å². The van der Waals surface area contributed by atoms with Gasteiger partial charge in [-0.2, -0.15) is 10.5 Å². The lowest BCUT2D eigenvalue weighted by Gasteiger charge is -2.26. The molecule has 1 spiro atoms. The quantitative estimate of drug-likeness (QED) is 0.876. The van der Waals surface area contributed by atoms with Crippen LogP contribution in [0.2, 0.25) is 0 Å². The zero-order valence-electron chi connectivity index (χ0n) is 13.3. The fraction of sp³-hybridized carbons (Fsp3) is 0.471. The van der Waals surface area contributed by atoms with Crippen molar-refractivity contribution in [2.45, 2.75) is 24.9 Å². The van der Waals surface area contributed by atoms with Gasteiger partial charge in [-0.25, -0.2) is 4.99 Å². The van der Waals surface area contributed by atoms with Crippen molar-refractivity contribution in [2.75, 3.05) is 13.7 Å². The molecule has 1 aromatic carbocycles. The second-order valence-electron chi connectivity index (χ2n) is 6.37. The van der Waals surface area contributed by atoms with Gasteiger partial charge >= 0.3 is 0 Å². The summed E-state index contributed by atoms with van der Waals surface area (Å²) in [4.78, 5) is 4.28. The molecule has 7 heteroatoms. The zero-order valence-corrected chi connectivity index (χ0v) is 13.3. The molecule has 1 saturated carbocycles. The van der Waals surface area contributed by atoms with Crippen molar-refractivity contribution >= 4 is 5.84 Å². The number of ether oxygens (including phenoxy) is 3. The van der Waals surface area contributed by atoms with E-state index >= 15 is 0 Å². The lowest BCUT2D eigenvalue weighted by atomic mass is 9.94. The van der Waals surface area contributed by atoms with Crippen molar-refractivity contribution in [1.29, 1.82) is 10.5 Å². The minimum atomic E-state index is -1.52. The highest BCUT2D eigenvalue weighted by atomic mass is 16.8. The lowest BCUT2D eigenvalue weighted by Crippen LogP contribution is -2.39. The summed E-state index contributed by atoms with van der Waals surface area (Å²) in [6, 6.07) is 11.8. The summed E-state index contributed by atoms with van der Waals surface area (Å²) < 4.78 is 16.9. The molecule has 0 radical (unpaired) electrons. The molecule has 2 aliphatic heterocycles. The van der Waals surface area contributed by atoms with Gasteiger partial charge in [-0.3, -0.25) is 0 Å². The molecule has 4 rings (SSSR count). The normalized spacial score (nSPS) is 42.1. The van der Waals surface area contributed by atoms with Gasteiger partial charge in [-0.1, -0.05) is 12.1 Å². The third kappa shape index (κ3) is 1.36. The monoisotopic (exact) mass is 324 g/mol. The molecule has 122 valence electrons. The van der Waals surface area contributed by atoms with Gasteiger partial charge in [0.15, 0.2) is 5.41 Å². The molecule has 0 aromatic heterocycles. The highest BCUT2D eigenvalue weighted by Gasteiger charge is 2.94. The topological polar surface area (TPSA) is 114 Å². The van der Waals surface area contributed by atoms with E-state index in [2.05, 4.69) is 17.1 Å². The Kier molecular flexibility index (Phi) is 2.79. The molecule has 3 aliphatic rings. The predicted molar refractivity (Wildman–Crippen MR) is 82.7 cm³/mol. The molecule has 1 aliphatic carbocycles. The van der Waals surface area contributed by atoms with Crippen LogP contribution in [0.1, 0.15) is 18.4 Å². The average molecular weight is 324 g/mol. The first-order valence-corrected chi connectivity index (χ1v) is 7.65. The van der Waals surface area contributed by atoms with Crippen LogP contribution in [0.4, 0.5) is 0 Å². The number of hydrogen-bond acceptors (Lipinski definition) is 7. The molecule has 7 nitrogen and oxygen atoms in total. The molecule has 24 heavy (non-hydrogen) atoms. The smallest absolute Gasteiger partial charge is 0.293 e. The third-order valence-electron chi connectivity index (χ3n) is 5.23. The van der Waals surface area contributed by atoms with Crippen molar-refractivity contribution < 1.29 is 14.2 Å². The number of methoxy groups -OCH3 is 1. The van der Waals surface area contributed by atoms with E-state index in [0.717, 1.165) is 5.56 Å². The van der Waals surface area contributed by atoms with Crippen molar-refractivity contribution in [3.63, 3.8) is 0 Å². The number of nitriles is 2. The van der Waals surface area contributed by atoms with Crippen LogP contribution < -0.4 is 10.5 Å². The standard InChI is InChI=1S/C17H16N4O3/c1-10-7-23-17(24-10)16(9-19)13(15(16,8-18)14(20)21-17)11-4-3-5-12(6-11)22-2/h3-6,10,13H,7H2,1-2H3,(H2,20,21)/t10-,13+,15+,16+,17+/m0/s1. The molecule has 2 fully saturated rings. The van der Waals surface area contributed by atoms with Crippen LogP contribution in [-0.2, 0) is 9.47 Å². The number of nitrogens with zero attached hydrogens (tertiary/aromatic N) is 3. The summed E-state index contributed by atoms with van der Waals surface area (Å²) in [5.74, 6) is -1.27. The lowest BCUT2D eigenvalue weighted by molar-refractivity contribution is -0.193. The van der Waals surface area contributed by atoms with E-state index in [1.165, 1.54) is 0 Å². The Morgan fingerprint density at radius 2 is 2.17 bits per heavy atom. The molecular weight excluding hydrogens is 308 g/mol. The zero-order chi connectivity index (χ0) is 17.2. The van der Waals surface area contributed by atoms with Gasteiger partial charge in [0.1, 0.15) is 17.0 Å². The number of fused-ring (bicyclic) bond motifs is 2. The molecule has 1 saturated heterocycles. The Bertz CT molecular complexity index is 841. The van der Waals surface area contributed by atoms with Gasteiger partial charge in [0.05, 0.1) is 32.0 Å². The van der Waals surface area contributed by atoms with E-state index in [0.29, 0.717) is 12.4 Å². The Morgan fingerprint density at radius 3 is 2.75 bits per heavy atom. The maximum Gasteiger partial charge on any atom is 0.293 e. The van der Waals surface area contributed by atoms with E-state index in [-0.39, 0.29) is 11.9 Å². The van der Waals surface area contributed by atoms with Crippen LogP contribution in [0.3, 0.4) is 0 Å². The van der Waals surface area contributed by atoms with Gasteiger partial charge in [0.25, 0.3) is 5.91 Å². The van der Waals surface area contributed by atoms with Crippen molar-refractivity contribution in [1.82, 2.24) is 0 Å². The first-order valence-electron chi connectivity index (χ1n) is 7.65. The maximum atomic E-state index is 10.0. The maximum absolute atomic E-state index is 10.0. The number of hydrogen-bond donors (Lipinski definition) is 1. The molecule has 2 N–H and O–H groups in total. The van der Waals surface area contributed by atoms with Crippen LogP contribution in [0.5, 0.6) is 5.75 Å². The summed E-state index contributed by atoms with van der Waals surface area (Å²) >= 11 is 0. The molecule has 2 heterocycles. The van der Waals surface area contributed by atoms with Gasteiger partial charge in [0, 0.05) is 5.92 Å². The van der Waals surface area contributed by atoms with Crippen molar-refractivity contribution in [3.05, 3.63) is 29.8 Å². The van der Waals surface area contributed by atoms with Crippen LogP contribution in [0.15, 0.2) is 29.3 Å². The fourth-order valence-electron chi connectivity index (χ4n) is 4.18. The molecule has 0 unspecified atom stereocenters. The van der Waals surface area contributed by atoms with E-state index < -0.39 is 22.7 Å². The first-order chi connectivity index (χ1) is 11.5. The second kappa shape index (κ2) is 4.47. The molecule has 1 aromatic rings. The van der Waals surface area contributed by atoms with Gasteiger partial charge in [0.2, 0.25) is 0 Å². The fourth-order valence-corrected chi connectivity index (χ4v) is 4.18. The highest BCUT2D eigenvalue weighted by Crippen LogP contribution is 2.82. The Balaban J connectivity index is 1.90. The largest absolute Gasteiger partial charge is 0.497 e. The molecule has 0 amide bonds. The van der Waals surface area contributed by atoms with Gasteiger partial charge < -0.3 is 19.9 Å². The number of aliphatic imine (C=N–C) groups is 1. The second-order valence-corrected chi connectivity index (χ2v) is 6.37. The minimum Gasteiger partial charge on any atom is -0.497 e. The van der Waals surface area contributed by atoms with Crippen LogP contribution in [0, 0.1) is 33.5 Å². The Morgan fingerprint density at radius 1 is 1.38 bits per heavy atom. The Labute approximate surface area is 139 Å². The van der Waals surface area contributed by atoms with Crippen LogP contribution in [0.25, 0.3) is 0 Å². The van der Waals surface area contributed by atoms with Crippen LogP contribution >= 0.6 is 0 Å².